The van der Waals surface area contributed by atoms with Crippen LogP contribution in [-0.2, 0) is 4.79 Å². The fourth-order valence-electron chi connectivity index (χ4n) is 2.32. The molecule has 2 aromatic carbocycles. The van der Waals surface area contributed by atoms with Crippen LogP contribution in [0.5, 0.6) is 0 Å². The first-order chi connectivity index (χ1) is 9.54. The van der Waals surface area contributed by atoms with E-state index in [9.17, 15) is 9.18 Å². The van der Waals surface area contributed by atoms with E-state index in [2.05, 4.69) is 33.2 Å². The number of hydrogen-bond acceptors (Lipinski definition) is 2. The van der Waals surface area contributed by atoms with Gasteiger partial charge in [0, 0.05) is 20.5 Å². The molecule has 1 amide bonds. The molecular weight excluding hydrogens is 370 g/mol. The van der Waals surface area contributed by atoms with Gasteiger partial charge in [-0.3, -0.25) is 4.79 Å². The molecule has 0 saturated carbocycles. The molecule has 1 aliphatic rings. The van der Waals surface area contributed by atoms with Crippen LogP contribution >= 0.6 is 22.6 Å². The molecule has 0 aliphatic carbocycles. The van der Waals surface area contributed by atoms with E-state index in [0.717, 1.165) is 20.4 Å². The summed E-state index contributed by atoms with van der Waals surface area (Å²) in [5, 5.41) is 5.92. The normalized spacial score (nSPS) is 16.8. The lowest BCUT2D eigenvalue weighted by molar-refractivity contribution is -0.116. The topological polar surface area (TPSA) is 41.1 Å². The zero-order chi connectivity index (χ0) is 14.3. The van der Waals surface area contributed by atoms with Gasteiger partial charge in [-0.2, -0.15) is 0 Å². The van der Waals surface area contributed by atoms with Crippen LogP contribution < -0.4 is 10.6 Å². The van der Waals surface area contributed by atoms with Gasteiger partial charge >= 0.3 is 0 Å². The number of hydrogen-bond donors (Lipinski definition) is 2. The van der Waals surface area contributed by atoms with E-state index in [1.807, 2.05) is 25.1 Å². The van der Waals surface area contributed by atoms with E-state index in [-0.39, 0.29) is 11.7 Å². The van der Waals surface area contributed by atoms with Crippen LogP contribution in [0.3, 0.4) is 0 Å². The monoisotopic (exact) mass is 382 g/mol. The van der Waals surface area contributed by atoms with E-state index in [1.165, 1.54) is 12.1 Å². The van der Waals surface area contributed by atoms with Crippen molar-refractivity contribution >= 4 is 39.9 Å². The molecule has 3 rings (SSSR count). The van der Waals surface area contributed by atoms with Crippen molar-refractivity contribution in [3.63, 3.8) is 0 Å². The van der Waals surface area contributed by atoms with Crippen molar-refractivity contribution in [2.45, 2.75) is 13.0 Å². The number of carbonyl (C=O) groups excluding carboxylic acids is 1. The van der Waals surface area contributed by atoms with Gasteiger partial charge in [0.1, 0.15) is 11.9 Å². The maximum Gasteiger partial charge on any atom is 0.251 e. The maximum atomic E-state index is 13.2. The highest BCUT2D eigenvalue weighted by Crippen LogP contribution is 2.34. The number of carbonyl (C=O) groups is 1. The van der Waals surface area contributed by atoms with Crippen molar-refractivity contribution < 1.29 is 9.18 Å². The Balaban J connectivity index is 1.94. The Hall–Kier alpha value is -1.63. The Morgan fingerprint density at radius 3 is 2.80 bits per heavy atom. The Morgan fingerprint density at radius 1 is 1.25 bits per heavy atom. The summed E-state index contributed by atoms with van der Waals surface area (Å²) in [4.78, 5) is 12.0. The van der Waals surface area contributed by atoms with Crippen LogP contribution in [0, 0.1) is 16.3 Å². The molecule has 1 aliphatic heterocycles. The van der Waals surface area contributed by atoms with E-state index >= 15 is 0 Å². The highest BCUT2D eigenvalue weighted by Gasteiger charge is 2.30. The summed E-state index contributed by atoms with van der Waals surface area (Å²) >= 11 is 2.25. The fraction of sp³-hybridized carbons (Fsp3) is 0.133. The standard InChI is InChI=1S/C15H12FIN2O/c1-8-6-10(17)3-5-12(8)18-14-11-4-2-9(16)7-13(11)19-15(14)20/h2-7,14,18H,1H3,(H,19,20). The van der Waals surface area contributed by atoms with Crippen molar-refractivity contribution in [2.24, 2.45) is 0 Å². The number of amides is 1. The molecule has 0 saturated heterocycles. The number of fused-ring (bicyclic) bond motifs is 1. The van der Waals surface area contributed by atoms with Crippen molar-refractivity contribution in [2.75, 3.05) is 10.6 Å². The molecule has 1 heterocycles. The first-order valence-electron chi connectivity index (χ1n) is 6.17. The molecule has 1 unspecified atom stereocenters. The summed E-state index contributed by atoms with van der Waals surface area (Å²) in [5.74, 6) is -0.515. The van der Waals surface area contributed by atoms with E-state index in [1.54, 1.807) is 6.07 Å². The molecular formula is C15H12FIN2O. The number of anilines is 2. The minimum absolute atomic E-state index is 0.163. The second-order valence-corrected chi connectivity index (χ2v) is 6.00. The quantitative estimate of drug-likeness (QED) is 0.775. The van der Waals surface area contributed by atoms with E-state index in [0.29, 0.717) is 5.69 Å². The van der Waals surface area contributed by atoms with Crippen LogP contribution in [0.2, 0.25) is 0 Å². The van der Waals surface area contributed by atoms with Crippen LogP contribution in [-0.4, -0.2) is 5.91 Å². The molecule has 1 atom stereocenters. The molecule has 5 heteroatoms. The smallest absolute Gasteiger partial charge is 0.251 e. The summed E-state index contributed by atoms with van der Waals surface area (Å²) in [7, 11) is 0. The van der Waals surface area contributed by atoms with Gasteiger partial charge in [-0.25, -0.2) is 4.39 Å². The predicted molar refractivity (Wildman–Crippen MR) is 85.3 cm³/mol. The summed E-state index contributed by atoms with van der Waals surface area (Å²) in [6.45, 7) is 1.99. The Labute approximate surface area is 129 Å². The molecule has 2 N–H and O–H groups in total. The Morgan fingerprint density at radius 2 is 2.05 bits per heavy atom. The first kappa shape index (κ1) is 13.4. The highest BCUT2D eigenvalue weighted by atomic mass is 127. The molecule has 0 aromatic heterocycles. The summed E-state index contributed by atoms with van der Waals surface area (Å²) in [6, 6.07) is 9.85. The fourth-order valence-corrected chi connectivity index (χ4v) is 2.97. The largest absolute Gasteiger partial charge is 0.370 e. The summed E-state index contributed by atoms with van der Waals surface area (Å²) < 4.78 is 14.3. The minimum atomic E-state index is -0.482. The highest BCUT2D eigenvalue weighted by molar-refractivity contribution is 14.1. The van der Waals surface area contributed by atoms with E-state index < -0.39 is 6.04 Å². The van der Waals surface area contributed by atoms with Gasteiger partial charge in [-0.05, 0) is 65.4 Å². The number of nitrogens with one attached hydrogen (secondary N) is 2. The van der Waals surface area contributed by atoms with Crippen LogP contribution in [0.15, 0.2) is 36.4 Å². The Kier molecular flexibility index (Phi) is 3.37. The van der Waals surface area contributed by atoms with Gasteiger partial charge in [-0.15, -0.1) is 0 Å². The average Bonchev–Trinajstić information content (AvgIpc) is 2.68. The molecule has 0 spiro atoms. The van der Waals surface area contributed by atoms with Gasteiger partial charge in [0.15, 0.2) is 0 Å². The summed E-state index contributed by atoms with van der Waals surface area (Å²) in [6.07, 6.45) is 0. The van der Waals surface area contributed by atoms with Crippen molar-refractivity contribution in [1.82, 2.24) is 0 Å². The van der Waals surface area contributed by atoms with Crippen LogP contribution in [0.1, 0.15) is 17.2 Å². The molecule has 0 radical (unpaired) electrons. The molecule has 0 fully saturated rings. The van der Waals surface area contributed by atoms with Crippen molar-refractivity contribution in [1.29, 1.82) is 0 Å². The SMILES string of the molecule is Cc1cc(I)ccc1NC1C(=O)Nc2cc(F)ccc21. The van der Waals surface area contributed by atoms with Crippen LogP contribution in [0.4, 0.5) is 15.8 Å². The zero-order valence-corrected chi connectivity index (χ0v) is 12.9. The van der Waals surface area contributed by atoms with Crippen LogP contribution in [0.25, 0.3) is 0 Å². The molecule has 0 bridgehead atoms. The number of halogens is 2. The van der Waals surface area contributed by atoms with Crippen molar-refractivity contribution in [3.05, 3.63) is 56.9 Å². The zero-order valence-electron chi connectivity index (χ0n) is 10.7. The maximum absolute atomic E-state index is 13.2. The van der Waals surface area contributed by atoms with Gasteiger partial charge in [0.2, 0.25) is 0 Å². The molecule has 20 heavy (non-hydrogen) atoms. The van der Waals surface area contributed by atoms with Gasteiger partial charge in [0.05, 0.1) is 0 Å². The lowest BCUT2D eigenvalue weighted by atomic mass is 10.1. The van der Waals surface area contributed by atoms with Crippen molar-refractivity contribution in [3.8, 4) is 0 Å². The second kappa shape index (κ2) is 5.05. The third-order valence-electron chi connectivity index (χ3n) is 3.33. The predicted octanol–water partition coefficient (Wildman–Crippen LogP) is 3.84. The summed E-state index contributed by atoms with van der Waals surface area (Å²) in [5.41, 5.74) is 3.29. The molecule has 102 valence electrons. The third-order valence-corrected chi connectivity index (χ3v) is 4.01. The number of aryl methyl sites for hydroxylation is 1. The average molecular weight is 382 g/mol. The first-order valence-corrected chi connectivity index (χ1v) is 7.25. The molecule has 3 nitrogen and oxygen atoms in total. The lowest BCUT2D eigenvalue weighted by Gasteiger charge is -2.15. The van der Waals surface area contributed by atoms with Gasteiger partial charge in [-0.1, -0.05) is 6.07 Å². The molecule has 2 aromatic rings. The minimum Gasteiger partial charge on any atom is -0.370 e. The van der Waals surface area contributed by atoms with Gasteiger partial charge < -0.3 is 10.6 Å². The van der Waals surface area contributed by atoms with E-state index in [4.69, 9.17) is 0 Å². The Bertz CT molecular complexity index is 702. The third kappa shape index (κ3) is 2.37. The van der Waals surface area contributed by atoms with Gasteiger partial charge in [0.25, 0.3) is 5.91 Å². The second-order valence-electron chi connectivity index (χ2n) is 4.76. The number of benzene rings is 2. The number of rotatable bonds is 2. The lowest BCUT2D eigenvalue weighted by Crippen LogP contribution is -2.20.